The van der Waals surface area contributed by atoms with Crippen molar-refractivity contribution < 1.29 is 14.7 Å². The number of carboxylic acids is 1. The molecule has 0 aliphatic heterocycles. The molecule has 1 aromatic rings. The Hall–Kier alpha value is -1.75. The van der Waals surface area contributed by atoms with Gasteiger partial charge in [-0.1, -0.05) is 11.6 Å². The molecule has 20 heavy (non-hydrogen) atoms. The topological polar surface area (TPSA) is 69.6 Å². The highest BCUT2D eigenvalue weighted by atomic mass is 35.5. The average Bonchev–Trinajstić information content (AvgIpc) is 2.27. The second kappa shape index (κ2) is 6.13. The standard InChI is InChI=1S/C14H19ClN2O3/c1-14(2,13(19)20)8-12(18)16-10-7-9(15)5-6-11(10)17(3)4/h5-7H,8H2,1-4H3,(H,16,18)(H,19,20). The van der Waals surface area contributed by atoms with Crippen LogP contribution in [0.5, 0.6) is 0 Å². The van der Waals surface area contributed by atoms with Gasteiger partial charge in [0.15, 0.2) is 0 Å². The SMILES string of the molecule is CN(C)c1ccc(Cl)cc1NC(=O)CC(C)(C)C(=O)O. The average molecular weight is 299 g/mol. The fourth-order valence-electron chi connectivity index (χ4n) is 1.67. The molecule has 110 valence electrons. The monoisotopic (exact) mass is 298 g/mol. The van der Waals surface area contributed by atoms with Crippen molar-refractivity contribution in [2.24, 2.45) is 5.41 Å². The Morgan fingerprint density at radius 3 is 2.45 bits per heavy atom. The molecule has 0 bridgehead atoms. The van der Waals surface area contributed by atoms with E-state index in [0.29, 0.717) is 10.7 Å². The number of rotatable bonds is 5. The first-order valence-electron chi connectivity index (χ1n) is 6.13. The summed E-state index contributed by atoms with van der Waals surface area (Å²) in [6.07, 6.45) is -0.109. The smallest absolute Gasteiger partial charge is 0.309 e. The van der Waals surface area contributed by atoms with Crippen LogP contribution in [0.4, 0.5) is 11.4 Å². The first-order chi connectivity index (χ1) is 9.13. The summed E-state index contributed by atoms with van der Waals surface area (Å²) in [7, 11) is 3.69. The highest BCUT2D eigenvalue weighted by molar-refractivity contribution is 6.31. The van der Waals surface area contributed by atoms with Crippen LogP contribution < -0.4 is 10.2 Å². The van der Waals surface area contributed by atoms with Crippen LogP contribution >= 0.6 is 11.6 Å². The minimum absolute atomic E-state index is 0.109. The maximum atomic E-state index is 12.0. The first kappa shape index (κ1) is 16.3. The second-order valence-corrected chi connectivity index (χ2v) is 5.91. The number of benzene rings is 1. The zero-order chi connectivity index (χ0) is 15.5. The Bertz CT molecular complexity index is 527. The first-order valence-corrected chi connectivity index (χ1v) is 6.51. The largest absolute Gasteiger partial charge is 0.481 e. The van der Waals surface area contributed by atoms with Crippen LogP contribution in [0, 0.1) is 5.41 Å². The number of carboxylic acid groups (broad SMARTS) is 1. The van der Waals surface area contributed by atoms with Gasteiger partial charge in [0, 0.05) is 25.5 Å². The van der Waals surface area contributed by atoms with E-state index < -0.39 is 11.4 Å². The van der Waals surface area contributed by atoms with Crippen molar-refractivity contribution in [1.82, 2.24) is 0 Å². The van der Waals surface area contributed by atoms with Crippen molar-refractivity contribution in [2.45, 2.75) is 20.3 Å². The van der Waals surface area contributed by atoms with Crippen LogP contribution in [0.2, 0.25) is 5.02 Å². The highest BCUT2D eigenvalue weighted by Crippen LogP contribution is 2.29. The normalized spacial score (nSPS) is 11.1. The van der Waals surface area contributed by atoms with Gasteiger partial charge in [-0.05, 0) is 32.0 Å². The third-order valence-corrected chi connectivity index (χ3v) is 3.13. The number of carbonyl (C=O) groups excluding carboxylic acids is 1. The highest BCUT2D eigenvalue weighted by Gasteiger charge is 2.30. The molecule has 0 radical (unpaired) electrons. The number of anilines is 2. The molecule has 0 fully saturated rings. The van der Waals surface area contributed by atoms with Gasteiger partial charge in [0.05, 0.1) is 16.8 Å². The zero-order valence-corrected chi connectivity index (χ0v) is 12.8. The number of hydrogen-bond acceptors (Lipinski definition) is 3. The van der Waals surface area contributed by atoms with Crippen molar-refractivity contribution in [2.75, 3.05) is 24.3 Å². The van der Waals surface area contributed by atoms with Gasteiger partial charge in [-0.2, -0.15) is 0 Å². The Kier molecular flexibility index (Phi) is 5.00. The second-order valence-electron chi connectivity index (χ2n) is 5.47. The van der Waals surface area contributed by atoms with Gasteiger partial charge in [0.25, 0.3) is 0 Å². The summed E-state index contributed by atoms with van der Waals surface area (Å²) < 4.78 is 0. The van der Waals surface area contributed by atoms with Crippen LogP contribution in [0.15, 0.2) is 18.2 Å². The van der Waals surface area contributed by atoms with Crippen LogP contribution in [0.1, 0.15) is 20.3 Å². The number of nitrogens with zero attached hydrogens (tertiary/aromatic N) is 1. The van der Waals surface area contributed by atoms with E-state index in [-0.39, 0.29) is 12.3 Å². The van der Waals surface area contributed by atoms with E-state index in [1.165, 1.54) is 13.8 Å². The molecule has 5 nitrogen and oxygen atoms in total. The summed E-state index contributed by atoms with van der Waals surface area (Å²) in [6.45, 7) is 3.03. The van der Waals surface area contributed by atoms with E-state index in [9.17, 15) is 9.59 Å². The summed E-state index contributed by atoms with van der Waals surface area (Å²) in [4.78, 5) is 24.9. The molecule has 6 heteroatoms. The Labute approximate surface area is 123 Å². The van der Waals surface area contributed by atoms with Gasteiger partial charge in [0.2, 0.25) is 5.91 Å². The number of aliphatic carboxylic acids is 1. The minimum atomic E-state index is -1.11. The number of carbonyl (C=O) groups is 2. The van der Waals surface area contributed by atoms with Crippen LogP contribution in [0.25, 0.3) is 0 Å². The summed E-state index contributed by atoms with van der Waals surface area (Å²) >= 11 is 5.92. The van der Waals surface area contributed by atoms with E-state index in [1.54, 1.807) is 18.2 Å². The lowest BCUT2D eigenvalue weighted by molar-refractivity contribution is -0.148. The van der Waals surface area contributed by atoms with E-state index in [4.69, 9.17) is 16.7 Å². The van der Waals surface area contributed by atoms with Crippen molar-refractivity contribution in [3.8, 4) is 0 Å². The molecule has 1 amide bonds. The molecule has 0 saturated carbocycles. The molecule has 0 atom stereocenters. The summed E-state index contributed by atoms with van der Waals surface area (Å²) in [6, 6.07) is 5.16. The lowest BCUT2D eigenvalue weighted by Crippen LogP contribution is -2.30. The van der Waals surface area contributed by atoms with Crippen molar-refractivity contribution in [1.29, 1.82) is 0 Å². The van der Waals surface area contributed by atoms with Crippen molar-refractivity contribution in [3.63, 3.8) is 0 Å². The molecule has 0 aliphatic carbocycles. The lowest BCUT2D eigenvalue weighted by atomic mass is 9.89. The molecule has 1 aromatic carbocycles. The van der Waals surface area contributed by atoms with Gasteiger partial charge < -0.3 is 15.3 Å². The molecule has 0 saturated heterocycles. The Balaban J connectivity index is 2.91. The van der Waals surface area contributed by atoms with Crippen LogP contribution in [0.3, 0.4) is 0 Å². The number of amides is 1. The predicted molar refractivity (Wildman–Crippen MR) is 80.4 cm³/mol. The maximum Gasteiger partial charge on any atom is 0.309 e. The van der Waals surface area contributed by atoms with Gasteiger partial charge in [-0.15, -0.1) is 0 Å². The number of halogens is 1. The number of hydrogen-bond donors (Lipinski definition) is 2. The molecule has 0 unspecified atom stereocenters. The van der Waals surface area contributed by atoms with Crippen LogP contribution in [-0.4, -0.2) is 31.1 Å². The summed E-state index contributed by atoms with van der Waals surface area (Å²) in [5.74, 6) is -1.37. The zero-order valence-electron chi connectivity index (χ0n) is 12.0. The van der Waals surface area contributed by atoms with E-state index in [0.717, 1.165) is 5.69 Å². The Morgan fingerprint density at radius 2 is 1.95 bits per heavy atom. The van der Waals surface area contributed by atoms with Gasteiger partial charge in [-0.3, -0.25) is 9.59 Å². The van der Waals surface area contributed by atoms with Gasteiger partial charge in [-0.25, -0.2) is 0 Å². The van der Waals surface area contributed by atoms with E-state index in [2.05, 4.69) is 5.32 Å². The van der Waals surface area contributed by atoms with E-state index >= 15 is 0 Å². The minimum Gasteiger partial charge on any atom is -0.481 e. The maximum absolute atomic E-state index is 12.0. The van der Waals surface area contributed by atoms with Crippen molar-refractivity contribution >= 4 is 34.9 Å². The third kappa shape index (κ3) is 4.13. The summed E-state index contributed by atoms with van der Waals surface area (Å²) in [5, 5.41) is 12.3. The fourth-order valence-corrected chi connectivity index (χ4v) is 1.84. The number of nitrogens with one attached hydrogen (secondary N) is 1. The summed E-state index contributed by atoms with van der Waals surface area (Å²) in [5.41, 5.74) is 0.255. The molecule has 0 heterocycles. The molecule has 1 rings (SSSR count). The van der Waals surface area contributed by atoms with E-state index in [1.807, 2.05) is 19.0 Å². The van der Waals surface area contributed by atoms with Crippen molar-refractivity contribution in [3.05, 3.63) is 23.2 Å². The molecular weight excluding hydrogens is 280 g/mol. The molecule has 0 aliphatic rings. The lowest BCUT2D eigenvalue weighted by Gasteiger charge is -2.21. The third-order valence-electron chi connectivity index (χ3n) is 2.90. The predicted octanol–water partition coefficient (Wildman–Crippen LogP) is 2.85. The molecule has 0 aromatic heterocycles. The van der Waals surface area contributed by atoms with Gasteiger partial charge in [0.1, 0.15) is 0 Å². The molecule has 2 N–H and O–H groups in total. The Morgan fingerprint density at radius 1 is 1.35 bits per heavy atom. The fraction of sp³-hybridized carbons (Fsp3) is 0.429. The quantitative estimate of drug-likeness (QED) is 0.877. The van der Waals surface area contributed by atoms with Crippen LogP contribution in [-0.2, 0) is 9.59 Å². The molecule has 0 spiro atoms. The molecular formula is C14H19ClN2O3. The van der Waals surface area contributed by atoms with Gasteiger partial charge >= 0.3 is 5.97 Å².